The molecule has 1 spiro atoms. The Bertz CT molecular complexity index is 179. The Morgan fingerprint density at radius 2 is 1.75 bits per heavy atom. The largest absolute Gasteiger partial charge is 0.375 e. The van der Waals surface area contributed by atoms with E-state index in [4.69, 9.17) is 4.74 Å². The number of rotatable bonds is 0. The summed E-state index contributed by atoms with van der Waals surface area (Å²) in [6.45, 7) is 3.45. The van der Waals surface area contributed by atoms with E-state index in [1.165, 1.54) is 32.1 Å². The Labute approximate surface area is 74.5 Å². The van der Waals surface area contributed by atoms with E-state index in [1.54, 1.807) is 0 Å². The molecule has 2 unspecified atom stereocenters. The Balaban J connectivity index is 1.73. The molecule has 0 radical (unpaired) electrons. The average molecular weight is 166 g/mol. The third-order valence-electron chi connectivity index (χ3n) is 4.31. The molecule has 3 fully saturated rings. The SMILES string of the molecule is CC1CC2CC3(CCO3)CC2C1. The van der Waals surface area contributed by atoms with Crippen LogP contribution in [0.3, 0.4) is 0 Å². The Hall–Kier alpha value is -0.0400. The van der Waals surface area contributed by atoms with Gasteiger partial charge in [-0.3, -0.25) is 0 Å². The van der Waals surface area contributed by atoms with Crippen LogP contribution in [0.5, 0.6) is 0 Å². The molecule has 1 nitrogen and oxygen atoms in total. The standard InChI is InChI=1S/C11H18O/c1-8-4-9-6-11(2-3-12-11)7-10(9)5-8/h8-10H,2-7H2,1H3. The van der Waals surface area contributed by atoms with Gasteiger partial charge in [-0.1, -0.05) is 6.92 Å². The Kier molecular flexibility index (Phi) is 1.39. The van der Waals surface area contributed by atoms with Crippen molar-refractivity contribution in [2.45, 2.75) is 44.6 Å². The van der Waals surface area contributed by atoms with Gasteiger partial charge in [0.1, 0.15) is 0 Å². The molecule has 3 aliphatic rings. The predicted octanol–water partition coefficient (Wildman–Crippen LogP) is 2.60. The molecule has 2 saturated carbocycles. The zero-order chi connectivity index (χ0) is 8.18. The zero-order valence-electron chi connectivity index (χ0n) is 7.88. The molecule has 1 heterocycles. The third kappa shape index (κ3) is 0.891. The van der Waals surface area contributed by atoms with Crippen LogP contribution in [0.1, 0.15) is 39.0 Å². The number of fused-ring (bicyclic) bond motifs is 1. The van der Waals surface area contributed by atoms with Gasteiger partial charge in [-0.05, 0) is 49.9 Å². The lowest BCUT2D eigenvalue weighted by molar-refractivity contribution is -0.146. The maximum absolute atomic E-state index is 5.75. The maximum atomic E-state index is 5.75. The van der Waals surface area contributed by atoms with E-state index in [2.05, 4.69) is 6.92 Å². The monoisotopic (exact) mass is 166 g/mol. The molecule has 0 N–H and O–H groups in total. The highest BCUT2D eigenvalue weighted by atomic mass is 16.5. The molecule has 0 amide bonds. The molecule has 1 aliphatic heterocycles. The molecule has 3 rings (SSSR count). The van der Waals surface area contributed by atoms with Gasteiger partial charge in [-0.2, -0.15) is 0 Å². The van der Waals surface area contributed by atoms with Gasteiger partial charge in [0.2, 0.25) is 0 Å². The summed E-state index contributed by atoms with van der Waals surface area (Å²) in [7, 11) is 0. The normalized spacial score (nSPS) is 57.2. The first-order valence-electron chi connectivity index (χ1n) is 5.41. The van der Waals surface area contributed by atoms with Crippen LogP contribution in [-0.2, 0) is 4.74 Å². The molecule has 0 aromatic rings. The van der Waals surface area contributed by atoms with E-state index in [9.17, 15) is 0 Å². The number of ether oxygens (including phenoxy) is 1. The van der Waals surface area contributed by atoms with E-state index in [0.29, 0.717) is 5.60 Å². The van der Waals surface area contributed by atoms with Crippen LogP contribution in [0.2, 0.25) is 0 Å². The van der Waals surface area contributed by atoms with Crippen LogP contribution in [0.15, 0.2) is 0 Å². The zero-order valence-corrected chi connectivity index (χ0v) is 7.88. The number of hydrogen-bond donors (Lipinski definition) is 0. The van der Waals surface area contributed by atoms with Gasteiger partial charge < -0.3 is 4.74 Å². The summed E-state index contributed by atoms with van der Waals surface area (Å²) in [5.74, 6) is 3.05. The fourth-order valence-electron chi connectivity index (χ4n) is 3.77. The highest BCUT2D eigenvalue weighted by Gasteiger charge is 2.52. The van der Waals surface area contributed by atoms with Crippen molar-refractivity contribution in [3.8, 4) is 0 Å². The van der Waals surface area contributed by atoms with E-state index in [-0.39, 0.29) is 0 Å². The summed E-state index contributed by atoms with van der Waals surface area (Å²) in [6.07, 6.45) is 7.10. The van der Waals surface area contributed by atoms with E-state index in [0.717, 1.165) is 24.4 Å². The van der Waals surface area contributed by atoms with Gasteiger partial charge >= 0.3 is 0 Å². The van der Waals surface area contributed by atoms with Gasteiger partial charge in [0, 0.05) is 0 Å². The van der Waals surface area contributed by atoms with E-state index in [1.807, 2.05) is 0 Å². The van der Waals surface area contributed by atoms with Crippen molar-refractivity contribution < 1.29 is 4.74 Å². The van der Waals surface area contributed by atoms with Crippen molar-refractivity contribution in [1.82, 2.24) is 0 Å². The lowest BCUT2D eigenvalue weighted by Gasteiger charge is -2.39. The summed E-state index contributed by atoms with van der Waals surface area (Å²) in [6, 6.07) is 0. The fraction of sp³-hybridized carbons (Fsp3) is 1.00. The minimum Gasteiger partial charge on any atom is -0.375 e. The first-order chi connectivity index (χ1) is 5.77. The lowest BCUT2D eigenvalue weighted by Crippen LogP contribution is -2.41. The Morgan fingerprint density at radius 3 is 2.17 bits per heavy atom. The summed E-state index contributed by atoms with van der Waals surface area (Å²) in [5, 5.41) is 0. The van der Waals surface area contributed by atoms with Crippen LogP contribution in [0.25, 0.3) is 0 Å². The summed E-state index contributed by atoms with van der Waals surface area (Å²) < 4.78 is 5.75. The Morgan fingerprint density at radius 1 is 1.17 bits per heavy atom. The molecule has 0 aromatic carbocycles. The summed E-state index contributed by atoms with van der Waals surface area (Å²) >= 11 is 0. The molecule has 0 bridgehead atoms. The molecule has 1 saturated heterocycles. The fourth-order valence-corrected chi connectivity index (χ4v) is 3.77. The second-order valence-corrected chi connectivity index (χ2v) is 5.29. The highest BCUT2D eigenvalue weighted by molar-refractivity contribution is 5.02. The number of hydrogen-bond acceptors (Lipinski definition) is 1. The first kappa shape index (κ1) is 7.37. The van der Waals surface area contributed by atoms with Crippen molar-refractivity contribution in [3.63, 3.8) is 0 Å². The van der Waals surface area contributed by atoms with Gasteiger partial charge in [0.05, 0.1) is 12.2 Å². The van der Waals surface area contributed by atoms with E-state index < -0.39 is 0 Å². The van der Waals surface area contributed by atoms with Gasteiger partial charge in [-0.25, -0.2) is 0 Å². The minimum absolute atomic E-state index is 0.398. The second kappa shape index (κ2) is 2.25. The topological polar surface area (TPSA) is 9.23 Å². The van der Waals surface area contributed by atoms with Crippen molar-refractivity contribution in [1.29, 1.82) is 0 Å². The summed E-state index contributed by atoms with van der Waals surface area (Å²) in [5.41, 5.74) is 0.398. The van der Waals surface area contributed by atoms with Crippen molar-refractivity contribution >= 4 is 0 Å². The van der Waals surface area contributed by atoms with Gasteiger partial charge in [0.25, 0.3) is 0 Å². The molecule has 1 heteroatoms. The quantitative estimate of drug-likeness (QED) is 0.537. The van der Waals surface area contributed by atoms with Gasteiger partial charge in [0.15, 0.2) is 0 Å². The molecule has 2 atom stereocenters. The first-order valence-corrected chi connectivity index (χ1v) is 5.41. The summed E-state index contributed by atoms with van der Waals surface area (Å²) in [4.78, 5) is 0. The van der Waals surface area contributed by atoms with Crippen molar-refractivity contribution in [2.75, 3.05) is 6.61 Å². The van der Waals surface area contributed by atoms with Crippen LogP contribution in [-0.4, -0.2) is 12.2 Å². The van der Waals surface area contributed by atoms with Crippen LogP contribution in [0, 0.1) is 17.8 Å². The second-order valence-electron chi connectivity index (χ2n) is 5.29. The molecular weight excluding hydrogens is 148 g/mol. The molecule has 68 valence electrons. The molecule has 12 heavy (non-hydrogen) atoms. The van der Waals surface area contributed by atoms with Crippen LogP contribution in [0.4, 0.5) is 0 Å². The van der Waals surface area contributed by atoms with Crippen molar-refractivity contribution in [2.24, 2.45) is 17.8 Å². The third-order valence-corrected chi connectivity index (χ3v) is 4.31. The molecule has 0 aromatic heterocycles. The molecule has 2 aliphatic carbocycles. The lowest BCUT2D eigenvalue weighted by atomic mass is 9.89. The average Bonchev–Trinajstić information content (AvgIpc) is 2.38. The highest BCUT2D eigenvalue weighted by Crippen LogP contribution is 2.55. The van der Waals surface area contributed by atoms with Crippen LogP contribution >= 0.6 is 0 Å². The van der Waals surface area contributed by atoms with Gasteiger partial charge in [-0.15, -0.1) is 0 Å². The van der Waals surface area contributed by atoms with Crippen LogP contribution < -0.4 is 0 Å². The van der Waals surface area contributed by atoms with Crippen molar-refractivity contribution in [3.05, 3.63) is 0 Å². The predicted molar refractivity (Wildman–Crippen MR) is 47.9 cm³/mol. The smallest absolute Gasteiger partial charge is 0.0710 e. The minimum atomic E-state index is 0.398. The van der Waals surface area contributed by atoms with E-state index >= 15 is 0 Å². The molecular formula is C11H18O. The maximum Gasteiger partial charge on any atom is 0.0710 e.